The van der Waals surface area contributed by atoms with E-state index in [4.69, 9.17) is 9.47 Å². The van der Waals surface area contributed by atoms with Crippen molar-refractivity contribution in [3.8, 4) is 11.5 Å². The summed E-state index contributed by atoms with van der Waals surface area (Å²) in [5.74, 6) is 1.47. The highest BCUT2D eigenvalue weighted by Crippen LogP contribution is 2.37. The molecule has 5 nitrogen and oxygen atoms in total. The second-order valence-electron chi connectivity index (χ2n) is 9.12. The Kier molecular flexibility index (Phi) is 5.82. The summed E-state index contributed by atoms with van der Waals surface area (Å²) in [6.07, 6.45) is 1.12. The standard InChI is InChI=1S/C31H28N2O3/c1-2-32-27-11-7-6-10-25(27)26-18-23(12-15-28(26)32)20-33(24-14-16-29-30(19-24)36-21-35-29)31(34)17-13-22-8-4-3-5-9-22/h3-12,14-16,18-19H,2,13,17,20-21H2,1H3. The van der Waals surface area contributed by atoms with Crippen LogP contribution in [0.4, 0.5) is 5.69 Å². The lowest BCUT2D eigenvalue weighted by atomic mass is 10.1. The number of hydrogen-bond donors (Lipinski definition) is 0. The first kappa shape index (κ1) is 22.2. The van der Waals surface area contributed by atoms with Gasteiger partial charge in [-0.25, -0.2) is 0 Å². The van der Waals surface area contributed by atoms with E-state index in [9.17, 15) is 4.79 Å². The summed E-state index contributed by atoms with van der Waals surface area (Å²) in [4.78, 5) is 15.5. The molecule has 0 unspecified atom stereocenters. The van der Waals surface area contributed by atoms with Gasteiger partial charge in [0.2, 0.25) is 12.7 Å². The zero-order valence-corrected chi connectivity index (χ0v) is 20.3. The van der Waals surface area contributed by atoms with Gasteiger partial charge in [0.15, 0.2) is 11.5 Å². The molecule has 0 spiro atoms. The summed E-state index contributed by atoms with van der Waals surface area (Å²) < 4.78 is 13.4. The van der Waals surface area contributed by atoms with Crippen LogP contribution in [-0.2, 0) is 24.3 Å². The van der Waals surface area contributed by atoms with Gasteiger partial charge in [0.25, 0.3) is 0 Å². The maximum Gasteiger partial charge on any atom is 0.231 e. The Morgan fingerprint density at radius 3 is 2.44 bits per heavy atom. The van der Waals surface area contributed by atoms with Crippen LogP contribution in [-0.4, -0.2) is 17.3 Å². The average Bonchev–Trinajstić information content (AvgIpc) is 3.52. The molecule has 1 amide bonds. The van der Waals surface area contributed by atoms with Gasteiger partial charge in [0.1, 0.15) is 0 Å². The fraction of sp³-hybridized carbons (Fsp3) is 0.194. The molecule has 5 aromatic rings. The number of amides is 1. The molecule has 0 saturated carbocycles. The first-order valence-electron chi connectivity index (χ1n) is 12.4. The molecular weight excluding hydrogens is 448 g/mol. The van der Waals surface area contributed by atoms with Gasteiger partial charge in [-0.05, 0) is 54.8 Å². The second-order valence-corrected chi connectivity index (χ2v) is 9.12. The van der Waals surface area contributed by atoms with E-state index >= 15 is 0 Å². The first-order valence-corrected chi connectivity index (χ1v) is 12.4. The third kappa shape index (κ3) is 4.07. The molecule has 0 atom stereocenters. The van der Waals surface area contributed by atoms with Crippen LogP contribution >= 0.6 is 0 Å². The molecule has 0 aliphatic carbocycles. The number of fused-ring (bicyclic) bond motifs is 4. The predicted octanol–water partition coefficient (Wildman–Crippen LogP) is 6.71. The van der Waals surface area contributed by atoms with Gasteiger partial charge in [0.05, 0.1) is 6.54 Å². The average molecular weight is 477 g/mol. The maximum absolute atomic E-state index is 13.6. The van der Waals surface area contributed by atoms with Crippen molar-refractivity contribution in [2.45, 2.75) is 32.9 Å². The molecule has 1 aromatic heterocycles. The number of aryl methyl sites for hydroxylation is 2. The summed E-state index contributed by atoms with van der Waals surface area (Å²) >= 11 is 0. The fourth-order valence-corrected chi connectivity index (χ4v) is 5.13. The zero-order valence-electron chi connectivity index (χ0n) is 20.3. The lowest BCUT2D eigenvalue weighted by Gasteiger charge is -2.24. The van der Waals surface area contributed by atoms with Crippen LogP contribution in [0.1, 0.15) is 24.5 Å². The highest BCUT2D eigenvalue weighted by atomic mass is 16.7. The van der Waals surface area contributed by atoms with Crippen LogP contribution < -0.4 is 14.4 Å². The summed E-state index contributed by atoms with van der Waals surface area (Å²) in [7, 11) is 0. The van der Waals surface area contributed by atoms with Crippen LogP contribution in [0.15, 0.2) is 91.0 Å². The molecule has 2 heterocycles. The van der Waals surface area contributed by atoms with Gasteiger partial charge in [0, 0.05) is 46.5 Å². The van der Waals surface area contributed by atoms with Gasteiger partial charge in [-0.1, -0.05) is 54.6 Å². The van der Waals surface area contributed by atoms with Crippen molar-refractivity contribution in [1.82, 2.24) is 4.57 Å². The van der Waals surface area contributed by atoms with Gasteiger partial charge in [-0.15, -0.1) is 0 Å². The molecule has 6 rings (SSSR count). The van der Waals surface area contributed by atoms with Crippen molar-refractivity contribution in [3.63, 3.8) is 0 Å². The highest BCUT2D eigenvalue weighted by Gasteiger charge is 2.21. The van der Waals surface area contributed by atoms with Crippen molar-refractivity contribution in [2.75, 3.05) is 11.7 Å². The number of ether oxygens (including phenoxy) is 2. The molecule has 5 heteroatoms. The van der Waals surface area contributed by atoms with E-state index in [2.05, 4.69) is 66.1 Å². The molecule has 0 fully saturated rings. The Balaban J connectivity index is 1.35. The minimum Gasteiger partial charge on any atom is -0.454 e. The molecule has 0 saturated heterocycles. The number of benzene rings is 4. The Labute approximate surface area is 210 Å². The monoisotopic (exact) mass is 476 g/mol. The van der Waals surface area contributed by atoms with Crippen molar-refractivity contribution >= 4 is 33.4 Å². The summed E-state index contributed by atoms with van der Waals surface area (Å²) in [6, 6.07) is 30.9. The molecule has 180 valence electrons. The molecular formula is C31H28N2O3. The molecule has 0 bridgehead atoms. The number of nitrogens with zero attached hydrogens (tertiary/aromatic N) is 2. The number of rotatable bonds is 7. The molecule has 36 heavy (non-hydrogen) atoms. The topological polar surface area (TPSA) is 43.7 Å². The maximum atomic E-state index is 13.6. The fourth-order valence-electron chi connectivity index (χ4n) is 5.13. The minimum absolute atomic E-state index is 0.0776. The summed E-state index contributed by atoms with van der Waals surface area (Å²) in [6.45, 7) is 3.77. The van der Waals surface area contributed by atoms with Crippen molar-refractivity contribution in [2.24, 2.45) is 0 Å². The van der Waals surface area contributed by atoms with E-state index in [1.165, 1.54) is 21.8 Å². The van der Waals surface area contributed by atoms with Gasteiger partial charge in [-0.3, -0.25) is 4.79 Å². The number of hydrogen-bond acceptors (Lipinski definition) is 3. The number of anilines is 1. The smallest absolute Gasteiger partial charge is 0.231 e. The van der Waals surface area contributed by atoms with Crippen LogP contribution in [0.25, 0.3) is 21.8 Å². The largest absolute Gasteiger partial charge is 0.454 e. The second kappa shape index (κ2) is 9.42. The van der Waals surface area contributed by atoms with E-state index in [1.807, 2.05) is 41.3 Å². The Hall–Kier alpha value is -4.25. The van der Waals surface area contributed by atoms with E-state index in [0.717, 1.165) is 23.4 Å². The first-order chi connectivity index (χ1) is 17.7. The van der Waals surface area contributed by atoms with Crippen LogP contribution in [0.5, 0.6) is 11.5 Å². The lowest BCUT2D eigenvalue weighted by molar-refractivity contribution is -0.118. The van der Waals surface area contributed by atoms with Gasteiger partial charge >= 0.3 is 0 Å². The quantitative estimate of drug-likeness (QED) is 0.262. The Morgan fingerprint density at radius 2 is 1.58 bits per heavy atom. The number of aromatic nitrogens is 1. The molecule has 0 radical (unpaired) electrons. The van der Waals surface area contributed by atoms with E-state index in [0.29, 0.717) is 30.9 Å². The summed E-state index contributed by atoms with van der Waals surface area (Å²) in [5, 5.41) is 2.45. The molecule has 1 aliphatic heterocycles. The van der Waals surface area contributed by atoms with Crippen molar-refractivity contribution in [3.05, 3.63) is 102 Å². The molecule has 0 N–H and O–H groups in total. The molecule has 1 aliphatic rings. The normalized spacial score (nSPS) is 12.4. The number of carbonyl (C=O) groups is 1. The summed E-state index contributed by atoms with van der Waals surface area (Å²) in [5.41, 5.74) is 5.51. The van der Waals surface area contributed by atoms with Gasteiger partial charge < -0.3 is 18.9 Å². The number of carbonyl (C=O) groups excluding carboxylic acids is 1. The van der Waals surface area contributed by atoms with Crippen molar-refractivity contribution < 1.29 is 14.3 Å². The van der Waals surface area contributed by atoms with Gasteiger partial charge in [-0.2, -0.15) is 0 Å². The van der Waals surface area contributed by atoms with E-state index in [-0.39, 0.29) is 12.7 Å². The zero-order chi connectivity index (χ0) is 24.5. The highest BCUT2D eigenvalue weighted by molar-refractivity contribution is 6.08. The van der Waals surface area contributed by atoms with Crippen LogP contribution in [0.2, 0.25) is 0 Å². The SMILES string of the molecule is CCn1c2ccccc2c2cc(CN(C(=O)CCc3ccccc3)c3ccc4c(c3)OCO4)ccc21. The third-order valence-corrected chi connectivity index (χ3v) is 6.93. The Bertz CT molecular complexity index is 1560. The predicted molar refractivity (Wildman–Crippen MR) is 144 cm³/mol. The number of para-hydroxylation sites is 1. The van der Waals surface area contributed by atoms with Crippen LogP contribution in [0.3, 0.4) is 0 Å². The van der Waals surface area contributed by atoms with Crippen LogP contribution in [0, 0.1) is 0 Å². The lowest BCUT2D eigenvalue weighted by Crippen LogP contribution is -2.30. The van der Waals surface area contributed by atoms with E-state index in [1.54, 1.807) is 0 Å². The third-order valence-electron chi connectivity index (χ3n) is 6.93. The Morgan fingerprint density at radius 1 is 0.806 bits per heavy atom. The molecule has 4 aromatic carbocycles. The van der Waals surface area contributed by atoms with E-state index < -0.39 is 0 Å². The van der Waals surface area contributed by atoms with Crippen molar-refractivity contribution in [1.29, 1.82) is 0 Å². The minimum atomic E-state index is 0.0776.